The number of anilines is 2. The zero-order valence-electron chi connectivity index (χ0n) is 14.7. The molecule has 3 rings (SSSR count). The Hall–Kier alpha value is -1.54. The highest BCUT2D eigenvalue weighted by atomic mass is 32.2. The Morgan fingerprint density at radius 1 is 1.08 bits per heavy atom. The highest BCUT2D eigenvalue weighted by Gasteiger charge is 2.26. The maximum Gasteiger partial charge on any atom is 0.242 e. The Morgan fingerprint density at radius 2 is 1.80 bits per heavy atom. The van der Waals surface area contributed by atoms with Gasteiger partial charge in [0.25, 0.3) is 0 Å². The van der Waals surface area contributed by atoms with Crippen molar-refractivity contribution in [2.45, 2.75) is 21.1 Å². The van der Waals surface area contributed by atoms with Crippen LogP contribution in [0.2, 0.25) is 0 Å². The Labute approximate surface area is 154 Å². The summed E-state index contributed by atoms with van der Waals surface area (Å²) in [5.74, 6) is 0. The molecule has 2 aromatic carbocycles. The maximum absolute atomic E-state index is 12.5. The Bertz CT molecular complexity index is 866. The largest absolute Gasteiger partial charge is 0.340 e. The predicted molar refractivity (Wildman–Crippen MR) is 103 cm³/mol. The molecule has 5 nitrogen and oxygen atoms in total. The molecule has 0 spiro atoms. The molecule has 0 aromatic heterocycles. The van der Waals surface area contributed by atoms with Crippen LogP contribution in [-0.2, 0) is 10.0 Å². The molecule has 0 atom stereocenters. The van der Waals surface area contributed by atoms with Crippen molar-refractivity contribution in [1.82, 2.24) is 9.62 Å². The van der Waals surface area contributed by atoms with Gasteiger partial charge >= 0.3 is 0 Å². The van der Waals surface area contributed by atoms with Gasteiger partial charge < -0.3 is 10.2 Å². The van der Waals surface area contributed by atoms with Gasteiger partial charge in [-0.15, -0.1) is 0 Å². The summed E-state index contributed by atoms with van der Waals surface area (Å²) in [6.45, 7) is 1.82. The van der Waals surface area contributed by atoms with Gasteiger partial charge in [0.15, 0.2) is 0 Å². The molecule has 0 radical (unpaired) electrons. The standard InChI is InChI=1S/C18H23N3O2S2/c1-19-11-6-12-21-15-7-4-5-8-17(15)24-18-13-14(9-10-16(18)21)25(22,23)20(2)3/h4-5,7-10,13,19H,6,11-12H2,1-3H3. The first-order valence-electron chi connectivity index (χ1n) is 8.21. The first-order chi connectivity index (χ1) is 11.9. The summed E-state index contributed by atoms with van der Waals surface area (Å²) in [5.41, 5.74) is 2.25. The number of hydrogen-bond donors (Lipinski definition) is 1. The minimum Gasteiger partial charge on any atom is -0.340 e. The highest BCUT2D eigenvalue weighted by molar-refractivity contribution is 7.99. The molecule has 1 aliphatic rings. The van der Waals surface area contributed by atoms with Crippen LogP contribution in [0.5, 0.6) is 0 Å². The molecule has 1 N–H and O–H groups in total. The minimum absolute atomic E-state index is 0.332. The van der Waals surface area contributed by atoms with Crippen LogP contribution >= 0.6 is 11.8 Å². The molecule has 0 saturated heterocycles. The maximum atomic E-state index is 12.5. The molecule has 7 heteroatoms. The minimum atomic E-state index is -3.43. The summed E-state index contributed by atoms with van der Waals surface area (Å²) in [6, 6.07) is 13.7. The van der Waals surface area contributed by atoms with Crippen molar-refractivity contribution in [3.8, 4) is 0 Å². The second kappa shape index (κ2) is 7.37. The third kappa shape index (κ3) is 3.55. The van der Waals surface area contributed by atoms with Crippen LogP contribution < -0.4 is 10.2 Å². The second-order valence-corrected chi connectivity index (χ2v) is 9.33. The summed E-state index contributed by atoms with van der Waals surface area (Å²) in [5, 5.41) is 3.18. The molecule has 0 aliphatic carbocycles. The van der Waals surface area contributed by atoms with Gasteiger partial charge in [0, 0.05) is 30.4 Å². The van der Waals surface area contributed by atoms with E-state index in [1.54, 1.807) is 38.0 Å². The van der Waals surface area contributed by atoms with Gasteiger partial charge in [-0.25, -0.2) is 12.7 Å². The van der Waals surface area contributed by atoms with E-state index in [0.717, 1.165) is 35.0 Å². The smallest absolute Gasteiger partial charge is 0.242 e. The first-order valence-corrected chi connectivity index (χ1v) is 10.5. The second-order valence-electron chi connectivity index (χ2n) is 6.10. The normalized spacial score (nSPS) is 13.7. The van der Waals surface area contributed by atoms with Crippen LogP contribution in [0.15, 0.2) is 57.2 Å². The zero-order chi connectivity index (χ0) is 18.0. The van der Waals surface area contributed by atoms with Gasteiger partial charge in [-0.05, 0) is 50.3 Å². The lowest BCUT2D eigenvalue weighted by molar-refractivity contribution is 0.520. The SMILES string of the molecule is CNCCCN1c2ccccc2Sc2cc(S(=O)(=O)N(C)C)ccc21. The first kappa shape index (κ1) is 18.3. The zero-order valence-corrected chi connectivity index (χ0v) is 16.3. The summed E-state index contributed by atoms with van der Waals surface area (Å²) in [7, 11) is 1.63. The number of nitrogens with zero attached hydrogens (tertiary/aromatic N) is 2. The Kier molecular flexibility index (Phi) is 5.38. The monoisotopic (exact) mass is 377 g/mol. The lowest BCUT2D eigenvalue weighted by Crippen LogP contribution is -2.25. The van der Waals surface area contributed by atoms with Crippen molar-refractivity contribution < 1.29 is 8.42 Å². The van der Waals surface area contributed by atoms with E-state index in [2.05, 4.69) is 22.3 Å². The molecule has 0 unspecified atom stereocenters. The van der Waals surface area contributed by atoms with Gasteiger partial charge in [-0.2, -0.15) is 0 Å². The van der Waals surface area contributed by atoms with Gasteiger partial charge in [0.2, 0.25) is 10.0 Å². The topological polar surface area (TPSA) is 52.7 Å². The number of sulfonamides is 1. The number of hydrogen-bond acceptors (Lipinski definition) is 5. The van der Waals surface area contributed by atoms with Crippen LogP contribution in [0.3, 0.4) is 0 Å². The van der Waals surface area contributed by atoms with Gasteiger partial charge in [-0.1, -0.05) is 23.9 Å². The van der Waals surface area contributed by atoms with Crippen molar-refractivity contribution in [1.29, 1.82) is 0 Å². The van der Waals surface area contributed by atoms with Crippen LogP contribution in [0.1, 0.15) is 6.42 Å². The summed E-state index contributed by atoms with van der Waals surface area (Å²) < 4.78 is 26.2. The summed E-state index contributed by atoms with van der Waals surface area (Å²) >= 11 is 1.63. The number of para-hydroxylation sites is 1. The molecular weight excluding hydrogens is 354 g/mol. The number of fused-ring (bicyclic) bond motifs is 2. The molecular formula is C18H23N3O2S2. The van der Waals surface area contributed by atoms with E-state index in [1.807, 2.05) is 25.2 Å². The van der Waals surface area contributed by atoms with Gasteiger partial charge in [-0.3, -0.25) is 0 Å². The molecule has 1 aliphatic heterocycles. The van der Waals surface area contributed by atoms with E-state index >= 15 is 0 Å². The van der Waals surface area contributed by atoms with E-state index in [4.69, 9.17) is 0 Å². The average molecular weight is 378 g/mol. The van der Waals surface area contributed by atoms with E-state index in [1.165, 1.54) is 9.99 Å². The molecule has 0 saturated carbocycles. The summed E-state index contributed by atoms with van der Waals surface area (Å²) in [6.07, 6.45) is 1.01. The lowest BCUT2D eigenvalue weighted by atomic mass is 10.2. The quantitative estimate of drug-likeness (QED) is 0.784. The highest BCUT2D eigenvalue weighted by Crippen LogP contribution is 2.48. The van der Waals surface area contributed by atoms with E-state index < -0.39 is 10.0 Å². The van der Waals surface area contributed by atoms with Crippen molar-refractivity contribution in [3.63, 3.8) is 0 Å². The fourth-order valence-electron chi connectivity index (χ4n) is 2.84. The fraction of sp³-hybridized carbons (Fsp3) is 0.333. The molecule has 0 fully saturated rings. The molecule has 0 amide bonds. The number of rotatable bonds is 6. The van der Waals surface area contributed by atoms with Gasteiger partial charge in [0.1, 0.15) is 0 Å². The van der Waals surface area contributed by atoms with Gasteiger partial charge in [0.05, 0.1) is 16.3 Å². The van der Waals surface area contributed by atoms with Crippen molar-refractivity contribution in [2.24, 2.45) is 0 Å². The number of nitrogens with one attached hydrogen (secondary N) is 1. The molecule has 0 bridgehead atoms. The molecule has 25 heavy (non-hydrogen) atoms. The average Bonchev–Trinajstić information content (AvgIpc) is 2.60. The predicted octanol–water partition coefficient (Wildman–Crippen LogP) is 3.15. The number of benzene rings is 2. The van der Waals surface area contributed by atoms with E-state index in [9.17, 15) is 8.42 Å². The fourth-order valence-corrected chi connectivity index (χ4v) is 4.98. The van der Waals surface area contributed by atoms with Crippen molar-refractivity contribution >= 4 is 33.2 Å². The van der Waals surface area contributed by atoms with E-state index in [-0.39, 0.29) is 0 Å². The summed E-state index contributed by atoms with van der Waals surface area (Å²) in [4.78, 5) is 4.74. The lowest BCUT2D eigenvalue weighted by Gasteiger charge is -2.33. The third-order valence-electron chi connectivity index (χ3n) is 4.19. The Morgan fingerprint density at radius 3 is 2.52 bits per heavy atom. The molecule has 1 heterocycles. The van der Waals surface area contributed by atoms with Crippen LogP contribution in [0.25, 0.3) is 0 Å². The van der Waals surface area contributed by atoms with Crippen LogP contribution in [0.4, 0.5) is 11.4 Å². The van der Waals surface area contributed by atoms with Crippen LogP contribution in [-0.4, -0.2) is 47.0 Å². The Balaban J connectivity index is 2.03. The molecule has 2 aromatic rings. The molecule has 134 valence electrons. The van der Waals surface area contributed by atoms with E-state index in [0.29, 0.717) is 4.90 Å². The van der Waals surface area contributed by atoms with Crippen molar-refractivity contribution in [3.05, 3.63) is 42.5 Å². The van der Waals surface area contributed by atoms with Crippen molar-refractivity contribution in [2.75, 3.05) is 39.1 Å². The van der Waals surface area contributed by atoms with Crippen LogP contribution in [0, 0.1) is 0 Å². The third-order valence-corrected chi connectivity index (χ3v) is 7.11.